The van der Waals surface area contributed by atoms with Crippen molar-refractivity contribution in [2.75, 3.05) is 5.43 Å². The maximum absolute atomic E-state index is 11.0. The first kappa shape index (κ1) is 17.5. The molecule has 0 radical (unpaired) electrons. The lowest BCUT2D eigenvalue weighted by molar-refractivity contribution is -0.255. The van der Waals surface area contributed by atoms with Gasteiger partial charge >= 0.3 is 0 Å². The third-order valence-corrected chi connectivity index (χ3v) is 4.14. The number of nitrogens with one attached hydrogen (secondary N) is 1. The Morgan fingerprint density at radius 2 is 1.96 bits per heavy atom. The van der Waals surface area contributed by atoms with Gasteiger partial charge in [-0.1, -0.05) is 58.6 Å². The van der Waals surface area contributed by atoms with E-state index in [0.717, 1.165) is 16.7 Å². The summed E-state index contributed by atoms with van der Waals surface area (Å²) in [4.78, 5) is 14.6. The highest BCUT2D eigenvalue weighted by Gasteiger charge is 2.16. The predicted molar refractivity (Wildman–Crippen MR) is 90.7 cm³/mol. The first-order valence-corrected chi connectivity index (χ1v) is 7.56. The Labute approximate surface area is 147 Å². The highest BCUT2D eigenvalue weighted by Crippen LogP contribution is 2.36. The quantitative estimate of drug-likeness (QED) is 0.507. The second kappa shape index (κ2) is 7.17. The van der Waals surface area contributed by atoms with Crippen LogP contribution in [0.4, 0.5) is 5.69 Å². The number of anilines is 1. The minimum Gasteiger partial charge on any atom is -0.543 e. The highest BCUT2D eigenvalue weighted by atomic mass is 35.5. The topological polar surface area (TPSA) is 77.4 Å². The van der Waals surface area contributed by atoms with E-state index in [-0.39, 0.29) is 20.9 Å². The smallest absolute Gasteiger partial charge is 0.150 e. The number of carbonyl (C=O) groups is 1. The average Bonchev–Trinajstić information content (AvgIpc) is 2.48. The van der Waals surface area contributed by atoms with Gasteiger partial charge in [0.25, 0.3) is 0 Å². The molecule has 0 saturated heterocycles. The van der Waals surface area contributed by atoms with Crippen molar-refractivity contribution in [3.8, 4) is 0 Å². The molecule has 0 saturated carbocycles. The number of hydrogen-bond donors (Lipinski definition) is 1. The van der Waals surface area contributed by atoms with Gasteiger partial charge in [-0.2, -0.15) is 5.10 Å². The largest absolute Gasteiger partial charge is 0.543 e. The van der Waals surface area contributed by atoms with Crippen LogP contribution in [0.15, 0.2) is 23.3 Å². The van der Waals surface area contributed by atoms with Crippen molar-refractivity contribution in [1.82, 2.24) is 4.98 Å². The van der Waals surface area contributed by atoms with Gasteiger partial charge in [-0.3, -0.25) is 5.43 Å². The molecule has 0 amide bonds. The summed E-state index contributed by atoms with van der Waals surface area (Å²) < 4.78 is 0. The molecule has 0 spiro atoms. The fourth-order valence-electron chi connectivity index (χ4n) is 1.88. The van der Waals surface area contributed by atoms with Crippen LogP contribution in [0.25, 0.3) is 0 Å². The Bertz CT molecular complexity index is 807. The summed E-state index contributed by atoms with van der Waals surface area (Å²) in [5.41, 5.74) is 5.20. The molecule has 5 nitrogen and oxygen atoms in total. The van der Waals surface area contributed by atoms with Crippen LogP contribution in [0, 0.1) is 13.8 Å². The highest BCUT2D eigenvalue weighted by molar-refractivity contribution is 6.46. The molecule has 2 aromatic rings. The number of carbonyl (C=O) groups excluding carboxylic acids is 1. The Morgan fingerprint density at radius 3 is 2.57 bits per heavy atom. The molecule has 23 heavy (non-hydrogen) atoms. The number of carboxylic acids is 1. The lowest BCUT2D eigenvalue weighted by Crippen LogP contribution is -2.24. The van der Waals surface area contributed by atoms with Gasteiger partial charge in [0.05, 0.1) is 22.9 Å². The van der Waals surface area contributed by atoms with Gasteiger partial charge in [-0.05, 0) is 25.0 Å². The number of benzene rings is 1. The molecule has 1 aromatic carbocycles. The van der Waals surface area contributed by atoms with Crippen molar-refractivity contribution in [2.24, 2.45) is 5.10 Å². The first-order chi connectivity index (χ1) is 10.8. The summed E-state index contributed by atoms with van der Waals surface area (Å²) in [5.74, 6) is -1.56. The normalized spacial score (nSPS) is 11.0. The van der Waals surface area contributed by atoms with Gasteiger partial charge in [0, 0.05) is 0 Å². The van der Waals surface area contributed by atoms with Gasteiger partial charge in [0.15, 0.2) is 5.15 Å². The summed E-state index contributed by atoms with van der Waals surface area (Å²) in [6.45, 7) is 3.94. The number of aryl methyl sites for hydroxylation is 2. The molecular weight excluding hydrogens is 361 g/mol. The fraction of sp³-hybridized carbons (Fsp3) is 0.133. The summed E-state index contributed by atoms with van der Waals surface area (Å²) >= 11 is 17.7. The Morgan fingerprint density at radius 1 is 1.26 bits per heavy atom. The minimum atomic E-state index is -1.56. The number of hydrogen-bond acceptors (Lipinski definition) is 5. The van der Waals surface area contributed by atoms with Crippen molar-refractivity contribution in [2.45, 2.75) is 13.8 Å². The van der Waals surface area contributed by atoms with E-state index in [1.807, 2.05) is 32.0 Å². The molecule has 0 aliphatic heterocycles. The second-order valence-corrected chi connectivity index (χ2v) is 5.89. The lowest BCUT2D eigenvalue weighted by Gasteiger charge is -2.12. The van der Waals surface area contributed by atoms with Crippen LogP contribution in [0.1, 0.15) is 27.2 Å². The lowest BCUT2D eigenvalue weighted by atomic mass is 10.1. The van der Waals surface area contributed by atoms with Gasteiger partial charge in [-0.25, -0.2) is 4.98 Å². The van der Waals surface area contributed by atoms with Crippen molar-refractivity contribution < 1.29 is 9.90 Å². The number of pyridine rings is 1. The summed E-state index contributed by atoms with van der Waals surface area (Å²) in [6.07, 6.45) is 1.56. The SMILES string of the molecule is Cc1ccc(/C=N\Nc2c(Cl)c(Cl)nc(C(=O)[O-])c2Cl)c(C)c1. The van der Waals surface area contributed by atoms with Gasteiger partial charge < -0.3 is 9.90 Å². The monoisotopic (exact) mass is 370 g/mol. The summed E-state index contributed by atoms with van der Waals surface area (Å²) in [6, 6.07) is 5.87. The number of hydrazone groups is 1. The van der Waals surface area contributed by atoms with E-state index in [0.29, 0.717) is 0 Å². The molecule has 1 aromatic heterocycles. The summed E-state index contributed by atoms with van der Waals surface area (Å²) in [5, 5.41) is 14.5. The third-order valence-electron chi connectivity index (χ3n) is 3.04. The zero-order chi connectivity index (χ0) is 17.1. The molecule has 0 unspecified atom stereocenters. The van der Waals surface area contributed by atoms with Crippen molar-refractivity contribution in [1.29, 1.82) is 0 Å². The number of nitrogens with zero attached hydrogens (tertiary/aromatic N) is 2. The van der Waals surface area contributed by atoms with E-state index in [2.05, 4.69) is 15.5 Å². The minimum absolute atomic E-state index is 0.0283. The predicted octanol–water partition coefficient (Wildman–Crippen LogP) is 3.47. The second-order valence-electron chi connectivity index (χ2n) is 4.77. The van der Waals surface area contributed by atoms with E-state index < -0.39 is 11.7 Å². The number of halogens is 3. The maximum atomic E-state index is 11.0. The van der Waals surface area contributed by atoms with Crippen LogP contribution >= 0.6 is 34.8 Å². The molecule has 0 aliphatic rings. The van der Waals surface area contributed by atoms with Crippen LogP contribution in [0.3, 0.4) is 0 Å². The van der Waals surface area contributed by atoms with Crippen LogP contribution in [0.5, 0.6) is 0 Å². The first-order valence-electron chi connectivity index (χ1n) is 6.43. The molecule has 120 valence electrons. The van der Waals surface area contributed by atoms with Crippen LogP contribution in [0.2, 0.25) is 15.2 Å². The Kier molecular flexibility index (Phi) is 5.46. The van der Waals surface area contributed by atoms with Gasteiger partial charge in [-0.15, -0.1) is 0 Å². The maximum Gasteiger partial charge on any atom is 0.150 e. The zero-order valence-electron chi connectivity index (χ0n) is 12.2. The Hall–Kier alpha value is -1.82. The molecule has 2 rings (SSSR count). The van der Waals surface area contributed by atoms with E-state index >= 15 is 0 Å². The molecule has 1 N–H and O–H groups in total. The van der Waals surface area contributed by atoms with Crippen LogP contribution in [-0.2, 0) is 0 Å². The third kappa shape index (κ3) is 3.93. The van der Waals surface area contributed by atoms with Crippen molar-refractivity contribution in [3.05, 3.63) is 55.8 Å². The molecule has 8 heteroatoms. The van der Waals surface area contributed by atoms with E-state index in [9.17, 15) is 9.90 Å². The molecule has 0 bridgehead atoms. The van der Waals surface area contributed by atoms with E-state index in [4.69, 9.17) is 34.8 Å². The zero-order valence-corrected chi connectivity index (χ0v) is 14.4. The number of carboxylic acid groups (broad SMARTS) is 1. The van der Waals surface area contributed by atoms with E-state index in [1.165, 1.54) is 0 Å². The molecule has 1 heterocycles. The molecular formula is C15H11Cl3N3O2-. The number of aromatic nitrogens is 1. The van der Waals surface area contributed by atoms with Gasteiger partial charge in [0.2, 0.25) is 0 Å². The van der Waals surface area contributed by atoms with Crippen molar-refractivity contribution in [3.63, 3.8) is 0 Å². The average molecular weight is 372 g/mol. The fourth-order valence-corrected chi connectivity index (χ4v) is 2.55. The number of rotatable bonds is 4. The van der Waals surface area contributed by atoms with E-state index in [1.54, 1.807) is 6.21 Å². The number of aromatic carboxylic acids is 1. The van der Waals surface area contributed by atoms with Crippen LogP contribution < -0.4 is 10.5 Å². The Balaban J connectivity index is 2.33. The molecule has 0 aliphatic carbocycles. The van der Waals surface area contributed by atoms with Crippen molar-refractivity contribution >= 4 is 52.7 Å². The standard InChI is InChI=1S/C15H12Cl3N3O2/c1-7-3-4-9(8(2)5-7)6-19-21-12-10(16)13(15(22)23)20-14(18)11(12)17/h3-6H,1-2H3,(H,20,21)(H,22,23)/p-1/b19-6-. The van der Waals surface area contributed by atoms with Crippen LogP contribution in [-0.4, -0.2) is 17.2 Å². The molecule has 0 atom stereocenters. The summed E-state index contributed by atoms with van der Waals surface area (Å²) in [7, 11) is 0. The van der Waals surface area contributed by atoms with Gasteiger partial charge in [0.1, 0.15) is 10.7 Å². The molecule has 0 fully saturated rings.